The van der Waals surface area contributed by atoms with Gasteiger partial charge in [0, 0.05) is 24.7 Å². The van der Waals surface area contributed by atoms with Crippen LogP contribution in [0.5, 0.6) is 0 Å². The molecule has 2 aliphatic carbocycles. The number of hydrogen-bond donors (Lipinski definition) is 2. The number of fused-ring (bicyclic) bond motifs is 1. The molecule has 0 bridgehead atoms. The second-order valence-corrected chi connectivity index (χ2v) is 8.52. The van der Waals surface area contributed by atoms with E-state index in [0.29, 0.717) is 18.5 Å². The molecule has 0 atom stereocenters. The second-order valence-electron chi connectivity index (χ2n) is 7.74. The van der Waals surface area contributed by atoms with Crippen LogP contribution in [-0.4, -0.2) is 33.5 Å². The average Bonchev–Trinajstić information content (AvgIpc) is 3.44. The zero-order valence-electron chi connectivity index (χ0n) is 17.1. The molecule has 29 heavy (non-hydrogen) atoms. The lowest BCUT2D eigenvalue weighted by atomic mass is 10.1. The molecule has 8 heteroatoms. The first-order chi connectivity index (χ1) is 13.7. The van der Waals surface area contributed by atoms with Crippen molar-refractivity contribution >= 4 is 47.4 Å². The summed E-state index contributed by atoms with van der Waals surface area (Å²) in [5.74, 6) is 1.58. The first-order valence-electron chi connectivity index (χ1n) is 10.4. The van der Waals surface area contributed by atoms with Crippen molar-refractivity contribution in [3.63, 3.8) is 0 Å². The lowest BCUT2D eigenvalue weighted by Crippen LogP contribution is -2.23. The van der Waals surface area contributed by atoms with E-state index in [4.69, 9.17) is 5.73 Å². The second kappa shape index (κ2) is 10.7. The van der Waals surface area contributed by atoms with Crippen molar-refractivity contribution in [1.29, 1.82) is 0 Å². The Kier molecular flexibility index (Phi) is 8.23. The molecule has 3 N–H and O–H groups in total. The van der Waals surface area contributed by atoms with Gasteiger partial charge < -0.3 is 15.6 Å². The van der Waals surface area contributed by atoms with E-state index >= 15 is 0 Å². The molecule has 4 rings (SSSR count). The van der Waals surface area contributed by atoms with Gasteiger partial charge in [-0.15, -0.1) is 34.2 Å². The van der Waals surface area contributed by atoms with E-state index in [-0.39, 0.29) is 24.0 Å². The average molecular weight is 526 g/mol. The molecular weight excluding hydrogens is 495 g/mol. The number of nitrogens with one attached hydrogen (secondary N) is 1. The Hall–Kier alpha value is -1.29. The summed E-state index contributed by atoms with van der Waals surface area (Å²) in [7, 11) is 0. The number of aromatic nitrogens is 3. The highest BCUT2D eigenvalue weighted by Crippen LogP contribution is 2.33. The minimum absolute atomic E-state index is 0. The fourth-order valence-corrected chi connectivity index (χ4v) is 4.99. The molecule has 0 saturated heterocycles. The number of nitrogens with two attached hydrogens (primary N) is 1. The highest BCUT2D eigenvalue weighted by atomic mass is 127. The first-order valence-corrected chi connectivity index (χ1v) is 11.6. The van der Waals surface area contributed by atoms with Crippen molar-refractivity contribution in [2.75, 3.05) is 18.1 Å². The number of aliphatic imine (C=N–C) groups is 1. The van der Waals surface area contributed by atoms with E-state index < -0.39 is 0 Å². The minimum atomic E-state index is 0. The molecule has 158 valence electrons. The molecule has 0 spiro atoms. The maximum atomic E-state index is 6.09. The molecular formula is C21H31IN6S. The van der Waals surface area contributed by atoms with Crippen LogP contribution in [0.3, 0.4) is 0 Å². The molecule has 0 aliphatic heterocycles. The van der Waals surface area contributed by atoms with E-state index in [9.17, 15) is 0 Å². The van der Waals surface area contributed by atoms with Gasteiger partial charge in [0.05, 0.1) is 0 Å². The largest absolute Gasteiger partial charge is 0.370 e. The number of halogens is 1. The monoisotopic (exact) mass is 526 g/mol. The van der Waals surface area contributed by atoms with Crippen LogP contribution < -0.4 is 11.1 Å². The predicted molar refractivity (Wildman–Crippen MR) is 132 cm³/mol. The van der Waals surface area contributed by atoms with Gasteiger partial charge in [0.15, 0.2) is 11.1 Å². The Morgan fingerprint density at radius 3 is 2.79 bits per heavy atom. The van der Waals surface area contributed by atoms with Crippen molar-refractivity contribution in [3.8, 4) is 0 Å². The lowest BCUT2D eigenvalue weighted by Gasteiger charge is -2.16. The van der Waals surface area contributed by atoms with Crippen molar-refractivity contribution < 1.29 is 0 Å². The summed E-state index contributed by atoms with van der Waals surface area (Å²) in [6.45, 7) is 0.690. The van der Waals surface area contributed by atoms with E-state index in [1.807, 2.05) is 0 Å². The van der Waals surface area contributed by atoms with Gasteiger partial charge in [0.1, 0.15) is 5.82 Å². The smallest absolute Gasteiger partial charge is 0.193 e. The number of aryl methyl sites for hydroxylation is 3. The van der Waals surface area contributed by atoms with Crippen LogP contribution in [0.1, 0.15) is 61.5 Å². The van der Waals surface area contributed by atoms with Crippen LogP contribution >= 0.6 is 35.7 Å². The summed E-state index contributed by atoms with van der Waals surface area (Å²) < 4.78 is 2.37. The highest BCUT2D eigenvalue weighted by Gasteiger charge is 2.23. The molecule has 1 aromatic heterocycles. The van der Waals surface area contributed by atoms with Crippen molar-refractivity contribution in [1.82, 2.24) is 14.8 Å². The Balaban J connectivity index is 0.00000240. The highest BCUT2D eigenvalue weighted by molar-refractivity contribution is 14.0. The summed E-state index contributed by atoms with van der Waals surface area (Å²) in [5.41, 5.74) is 10.0. The van der Waals surface area contributed by atoms with Gasteiger partial charge in [-0.2, -0.15) is 0 Å². The Morgan fingerprint density at radius 1 is 1.21 bits per heavy atom. The molecule has 0 amide bonds. The van der Waals surface area contributed by atoms with Gasteiger partial charge in [-0.05, 0) is 68.0 Å². The van der Waals surface area contributed by atoms with Crippen molar-refractivity contribution in [2.45, 2.75) is 69.0 Å². The SMILES string of the molecule is CSc1nnc(CCCN=C(N)Nc2ccc3c(c2)CCC3)n1C1CCCC1.I. The van der Waals surface area contributed by atoms with Gasteiger partial charge in [-0.3, -0.25) is 4.99 Å². The fourth-order valence-electron chi connectivity index (χ4n) is 4.42. The maximum absolute atomic E-state index is 6.09. The molecule has 2 aliphatic rings. The van der Waals surface area contributed by atoms with E-state index in [0.717, 1.165) is 29.5 Å². The van der Waals surface area contributed by atoms with Crippen LogP contribution in [0.15, 0.2) is 28.3 Å². The Labute approximate surface area is 194 Å². The molecule has 2 aromatic rings. The number of benzene rings is 1. The summed E-state index contributed by atoms with van der Waals surface area (Å²) in [5, 5.41) is 13.1. The number of nitrogens with zero attached hydrogens (tertiary/aromatic N) is 4. The number of guanidine groups is 1. The van der Waals surface area contributed by atoms with Gasteiger partial charge in [0.25, 0.3) is 0 Å². The Bertz CT molecular complexity index is 844. The molecule has 0 unspecified atom stereocenters. The maximum Gasteiger partial charge on any atom is 0.193 e. The zero-order chi connectivity index (χ0) is 19.3. The predicted octanol–water partition coefficient (Wildman–Crippen LogP) is 4.58. The van der Waals surface area contributed by atoms with E-state index in [2.05, 4.69) is 49.5 Å². The number of anilines is 1. The molecule has 1 saturated carbocycles. The van der Waals surface area contributed by atoms with Crippen molar-refractivity contribution in [3.05, 3.63) is 35.2 Å². The van der Waals surface area contributed by atoms with Gasteiger partial charge in [-0.1, -0.05) is 30.7 Å². The molecule has 6 nitrogen and oxygen atoms in total. The minimum Gasteiger partial charge on any atom is -0.370 e. The number of rotatable bonds is 7. The van der Waals surface area contributed by atoms with Crippen LogP contribution in [0, 0.1) is 0 Å². The molecule has 1 aromatic carbocycles. The van der Waals surface area contributed by atoms with Gasteiger partial charge in [-0.25, -0.2) is 0 Å². The Morgan fingerprint density at radius 2 is 2.00 bits per heavy atom. The summed E-state index contributed by atoms with van der Waals surface area (Å²) in [4.78, 5) is 4.50. The summed E-state index contributed by atoms with van der Waals surface area (Å²) >= 11 is 1.69. The molecule has 1 fully saturated rings. The first kappa shape index (κ1) is 22.4. The molecule has 0 radical (unpaired) electrons. The van der Waals surface area contributed by atoms with Gasteiger partial charge in [0.2, 0.25) is 0 Å². The normalized spacial score (nSPS) is 16.7. The molecule has 1 heterocycles. The number of hydrogen-bond acceptors (Lipinski definition) is 4. The van der Waals surface area contributed by atoms with Crippen LogP contribution in [0.4, 0.5) is 5.69 Å². The summed E-state index contributed by atoms with van der Waals surface area (Å²) in [6, 6.07) is 7.08. The summed E-state index contributed by atoms with van der Waals surface area (Å²) in [6.07, 6.45) is 12.6. The lowest BCUT2D eigenvalue weighted by molar-refractivity contribution is 0.461. The third-order valence-corrected chi connectivity index (χ3v) is 6.46. The standard InChI is InChI=1S/C21H30N6S.HI/c1-28-21-26-25-19(27(21)18-8-2-3-9-18)10-5-13-23-20(22)24-17-12-11-15-6-4-7-16(15)14-17;/h11-12,14,18H,2-10,13H2,1H3,(H3,22,23,24);1H. The van der Waals surface area contributed by atoms with Crippen LogP contribution in [-0.2, 0) is 19.3 Å². The van der Waals surface area contributed by atoms with Crippen LogP contribution in [0.25, 0.3) is 0 Å². The van der Waals surface area contributed by atoms with E-state index in [1.165, 1.54) is 56.1 Å². The van der Waals surface area contributed by atoms with E-state index in [1.54, 1.807) is 11.8 Å². The number of thioether (sulfide) groups is 1. The third-order valence-electron chi connectivity index (χ3n) is 5.82. The van der Waals surface area contributed by atoms with Crippen molar-refractivity contribution in [2.24, 2.45) is 10.7 Å². The quantitative estimate of drug-likeness (QED) is 0.182. The fraction of sp³-hybridized carbons (Fsp3) is 0.571. The van der Waals surface area contributed by atoms with Crippen LogP contribution in [0.2, 0.25) is 0 Å². The van der Waals surface area contributed by atoms with Gasteiger partial charge >= 0.3 is 0 Å². The zero-order valence-corrected chi connectivity index (χ0v) is 20.2. The topological polar surface area (TPSA) is 81.1 Å². The third kappa shape index (κ3) is 5.45.